The molecule has 0 aromatic heterocycles. The average molecular weight is 249 g/mol. The van der Waals surface area contributed by atoms with E-state index in [9.17, 15) is 4.79 Å². The molecule has 0 N–H and O–H groups in total. The molecule has 0 spiro atoms. The summed E-state index contributed by atoms with van der Waals surface area (Å²) in [7, 11) is 1.49. The first-order valence-electron chi connectivity index (χ1n) is 5.46. The molecule has 0 bridgehead atoms. The summed E-state index contributed by atoms with van der Waals surface area (Å²) in [6.07, 6.45) is -0.180. The maximum atomic E-state index is 11.3. The highest BCUT2D eigenvalue weighted by Gasteiger charge is 2.08. The van der Waals surface area contributed by atoms with Gasteiger partial charge in [0.05, 0.1) is 24.8 Å². The van der Waals surface area contributed by atoms with Crippen LogP contribution in [0.3, 0.4) is 0 Å². The molecule has 0 fully saturated rings. The maximum Gasteiger partial charge on any atom is 0.344 e. The summed E-state index contributed by atoms with van der Waals surface area (Å²) in [4.78, 5) is 11.3. The van der Waals surface area contributed by atoms with Gasteiger partial charge in [0.15, 0.2) is 6.61 Å². The van der Waals surface area contributed by atoms with Gasteiger partial charge in [0.2, 0.25) is 0 Å². The normalized spacial score (nSPS) is 9.72. The second kappa shape index (κ2) is 6.50. The second-order valence-corrected chi connectivity index (χ2v) is 3.84. The Morgan fingerprint density at radius 3 is 2.56 bits per heavy atom. The number of carbonyl (C=O) groups excluding carboxylic acids is 1. The van der Waals surface area contributed by atoms with Crippen molar-refractivity contribution in [1.82, 2.24) is 0 Å². The summed E-state index contributed by atoms with van der Waals surface area (Å²) < 4.78 is 15.2. The van der Waals surface area contributed by atoms with Gasteiger partial charge in [-0.25, -0.2) is 4.79 Å². The molecule has 1 aromatic rings. The Kier molecular flexibility index (Phi) is 5.00. The minimum absolute atomic E-state index is 0.180. The number of rotatable bonds is 5. The van der Waals surface area contributed by atoms with Crippen molar-refractivity contribution in [3.05, 3.63) is 23.8 Å². The van der Waals surface area contributed by atoms with E-state index in [1.54, 1.807) is 26.0 Å². The van der Waals surface area contributed by atoms with Crippen molar-refractivity contribution >= 4 is 5.97 Å². The molecule has 1 aromatic carbocycles. The van der Waals surface area contributed by atoms with Crippen LogP contribution in [-0.4, -0.2) is 25.8 Å². The van der Waals surface area contributed by atoms with Gasteiger partial charge in [-0.2, -0.15) is 5.26 Å². The van der Waals surface area contributed by atoms with Crippen molar-refractivity contribution in [3.8, 4) is 17.6 Å². The molecule has 0 heterocycles. The highest BCUT2D eigenvalue weighted by atomic mass is 16.6. The molecule has 0 atom stereocenters. The van der Waals surface area contributed by atoms with Crippen LogP contribution in [0.15, 0.2) is 18.2 Å². The molecule has 0 radical (unpaired) electrons. The Morgan fingerprint density at radius 2 is 2.00 bits per heavy atom. The maximum absolute atomic E-state index is 11.3. The van der Waals surface area contributed by atoms with Crippen molar-refractivity contribution in [2.75, 3.05) is 13.7 Å². The van der Waals surface area contributed by atoms with E-state index in [0.717, 1.165) is 0 Å². The molecule has 96 valence electrons. The van der Waals surface area contributed by atoms with Gasteiger partial charge in [0, 0.05) is 6.07 Å². The zero-order chi connectivity index (χ0) is 13.5. The lowest BCUT2D eigenvalue weighted by Crippen LogP contribution is -2.18. The second-order valence-electron chi connectivity index (χ2n) is 3.84. The first-order valence-corrected chi connectivity index (χ1v) is 5.46. The molecular formula is C13H15NO4. The monoisotopic (exact) mass is 249 g/mol. The number of esters is 1. The van der Waals surface area contributed by atoms with Crippen molar-refractivity contribution in [1.29, 1.82) is 5.26 Å². The largest absolute Gasteiger partial charge is 0.497 e. The zero-order valence-electron chi connectivity index (χ0n) is 10.6. The van der Waals surface area contributed by atoms with Crippen LogP contribution in [0.25, 0.3) is 0 Å². The number of methoxy groups -OCH3 is 1. The Morgan fingerprint density at radius 1 is 1.33 bits per heavy atom. The van der Waals surface area contributed by atoms with E-state index in [1.807, 2.05) is 6.07 Å². The Balaban J connectivity index is 2.67. The van der Waals surface area contributed by atoms with Gasteiger partial charge in [-0.05, 0) is 26.0 Å². The first-order chi connectivity index (χ1) is 8.55. The van der Waals surface area contributed by atoms with Gasteiger partial charge in [0.25, 0.3) is 0 Å². The topological polar surface area (TPSA) is 68.5 Å². The van der Waals surface area contributed by atoms with Crippen LogP contribution < -0.4 is 9.47 Å². The lowest BCUT2D eigenvalue weighted by molar-refractivity contribution is -0.149. The molecular weight excluding hydrogens is 234 g/mol. The van der Waals surface area contributed by atoms with Crippen molar-refractivity contribution < 1.29 is 19.0 Å². The summed E-state index contributed by atoms with van der Waals surface area (Å²) in [5, 5.41) is 8.83. The van der Waals surface area contributed by atoms with Crippen molar-refractivity contribution in [2.45, 2.75) is 20.0 Å². The number of nitrogens with zero attached hydrogens (tertiary/aromatic N) is 1. The van der Waals surface area contributed by atoms with Gasteiger partial charge in [-0.1, -0.05) is 0 Å². The van der Waals surface area contributed by atoms with Crippen LogP contribution in [-0.2, 0) is 9.53 Å². The minimum Gasteiger partial charge on any atom is -0.497 e. The van der Waals surface area contributed by atoms with Gasteiger partial charge < -0.3 is 14.2 Å². The van der Waals surface area contributed by atoms with Gasteiger partial charge in [-0.3, -0.25) is 0 Å². The third kappa shape index (κ3) is 4.34. The Hall–Kier alpha value is -2.22. The van der Waals surface area contributed by atoms with E-state index < -0.39 is 5.97 Å². The highest BCUT2D eigenvalue weighted by molar-refractivity contribution is 5.71. The molecule has 0 saturated heterocycles. The van der Waals surface area contributed by atoms with E-state index in [-0.39, 0.29) is 12.7 Å². The molecule has 5 nitrogen and oxygen atoms in total. The van der Waals surface area contributed by atoms with E-state index in [1.165, 1.54) is 13.2 Å². The summed E-state index contributed by atoms with van der Waals surface area (Å²) in [6.45, 7) is 3.32. The smallest absolute Gasteiger partial charge is 0.344 e. The molecule has 0 aliphatic heterocycles. The Bertz CT molecular complexity index is 463. The average Bonchev–Trinajstić information content (AvgIpc) is 2.35. The fourth-order valence-corrected chi connectivity index (χ4v) is 1.28. The number of carbonyl (C=O) groups is 1. The molecule has 0 saturated carbocycles. The summed E-state index contributed by atoms with van der Waals surface area (Å²) in [6, 6.07) is 6.70. The predicted molar refractivity (Wildman–Crippen MR) is 64.4 cm³/mol. The van der Waals surface area contributed by atoms with Crippen LogP contribution in [0.4, 0.5) is 0 Å². The van der Waals surface area contributed by atoms with Crippen LogP contribution in [0.5, 0.6) is 11.5 Å². The van der Waals surface area contributed by atoms with Gasteiger partial charge in [-0.15, -0.1) is 0 Å². The first kappa shape index (κ1) is 13.8. The quantitative estimate of drug-likeness (QED) is 0.745. The van der Waals surface area contributed by atoms with E-state index >= 15 is 0 Å². The number of hydrogen-bond acceptors (Lipinski definition) is 5. The SMILES string of the molecule is COc1cc(C#N)cc(OCC(=O)OC(C)C)c1. The molecule has 0 amide bonds. The van der Waals surface area contributed by atoms with E-state index in [2.05, 4.69) is 0 Å². The number of ether oxygens (including phenoxy) is 3. The molecule has 1 rings (SSSR count). The van der Waals surface area contributed by atoms with E-state index in [0.29, 0.717) is 17.1 Å². The fourth-order valence-electron chi connectivity index (χ4n) is 1.28. The zero-order valence-corrected chi connectivity index (χ0v) is 10.6. The highest BCUT2D eigenvalue weighted by Crippen LogP contribution is 2.22. The van der Waals surface area contributed by atoms with Crippen LogP contribution in [0.2, 0.25) is 0 Å². The number of benzene rings is 1. The number of hydrogen-bond donors (Lipinski definition) is 0. The molecule has 0 unspecified atom stereocenters. The standard InChI is InChI=1S/C13H15NO4/c1-9(2)18-13(15)8-17-12-5-10(7-14)4-11(6-12)16-3/h4-6,9H,8H2,1-3H3. The van der Waals surface area contributed by atoms with Crippen LogP contribution in [0, 0.1) is 11.3 Å². The summed E-state index contributed by atoms with van der Waals surface area (Å²) >= 11 is 0. The van der Waals surface area contributed by atoms with Crippen LogP contribution >= 0.6 is 0 Å². The van der Waals surface area contributed by atoms with E-state index in [4.69, 9.17) is 19.5 Å². The third-order valence-corrected chi connectivity index (χ3v) is 1.97. The Labute approximate surface area is 106 Å². The third-order valence-electron chi connectivity index (χ3n) is 1.97. The lowest BCUT2D eigenvalue weighted by atomic mass is 10.2. The van der Waals surface area contributed by atoms with Gasteiger partial charge >= 0.3 is 5.97 Å². The minimum atomic E-state index is -0.452. The van der Waals surface area contributed by atoms with Crippen LogP contribution in [0.1, 0.15) is 19.4 Å². The molecule has 0 aliphatic carbocycles. The molecule has 18 heavy (non-hydrogen) atoms. The molecule has 0 aliphatic rings. The fraction of sp³-hybridized carbons (Fsp3) is 0.385. The predicted octanol–water partition coefficient (Wildman–Crippen LogP) is 1.90. The van der Waals surface area contributed by atoms with Crippen molar-refractivity contribution in [2.24, 2.45) is 0 Å². The summed E-state index contributed by atoms with van der Waals surface area (Å²) in [5.41, 5.74) is 0.404. The lowest BCUT2D eigenvalue weighted by Gasteiger charge is -2.10. The number of nitriles is 1. The van der Waals surface area contributed by atoms with Crippen molar-refractivity contribution in [3.63, 3.8) is 0 Å². The van der Waals surface area contributed by atoms with Gasteiger partial charge in [0.1, 0.15) is 11.5 Å². The summed E-state index contributed by atoms with van der Waals surface area (Å²) in [5.74, 6) is 0.444. The molecule has 5 heteroatoms.